The molecule has 12 heteroatoms. The molecule has 198 valence electrons. The zero-order chi connectivity index (χ0) is 26.7. The molecule has 3 heterocycles. The van der Waals surface area contributed by atoms with Crippen LogP contribution in [-0.4, -0.2) is 83.0 Å². The van der Waals surface area contributed by atoms with Crippen LogP contribution >= 0.6 is 22.9 Å². The van der Waals surface area contributed by atoms with Gasteiger partial charge in [0, 0.05) is 62.3 Å². The van der Waals surface area contributed by atoms with Crippen molar-refractivity contribution in [2.24, 2.45) is 5.92 Å². The van der Waals surface area contributed by atoms with Crippen LogP contribution in [0.2, 0.25) is 5.02 Å². The molecule has 2 aromatic heterocycles. The van der Waals surface area contributed by atoms with Crippen molar-refractivity contribution in [3.63, 3.8) is 0 Å². The maximum absolute atomic E-state index is 13.2. The minimum Gasteiger partial charge on any atom is -0.349 e. The van der Waals surface area contributed by atoms with Gasteiger partial charge in [-0.25, -0.2) is 4.98 Å². The van der Waals surface area contributed by atoms with E-state index in [0.717, 1.165) is 30.1 Å². The highest BCUT2D eigenvalue weighted by Crippen LogP contribution is 2.28. The van der Waals surface area contributed by atoms with Crippen LogP contribution in [0.5, 0.6) is 0 Å². The van der Waals surface area contributed by atoms with Crippen molar-refractivity contribution < 1.29 is 19.2 Å². The molecule has 0 aromatic carbocycles. The minimum absolute atomic E-state index is 0.0262. The summed E-state index contributed by atoms with van der Waals surface area (Å²) in [6.45, 7) is 1.65. The van der Waals surface area contributed by atoms with Gasteiger partial charge in [0.05, 0.1) is 23.2 Å². The Labute approximate surface area is 224 Å². The maximum Gasteiger partial charge on any atom is 0.288 e. The van der Waals surface area contributed by atoms with Gasteiger partial charge in [0.15, 0.2) is 5.01 Å². The number of rotatable bonds is 7. The number of likely N-dealkylation sites (N-methyl/N-ethyl adjacent to an activating group) is 1. The molecule has 1 saturated carbocycles. The number of amides is 3. The number of Topliss-reactive ketones (excluding diaryl/α,β-unsaturated/α-hetero) is 1. The van der Waals surface area contributed by atoms with Crippen LogP contribution in [0.3, 0.4) is 0 Å². The Morgan fingerprint density at radius 2 is 1.95 bits per heavy atom. The van der Waals surface area contributed by atoms with Gasteiger partial charge in [-0.05, 0) is 38.4 Å². The number of aromatic nitrogens is 2. The summed E-state index contributed by atoms with van der Waals surface area (Å²) >= 11 is 7.21. The maximum atomic E-state index is 13.2. The molecule has 1 aliphatic carbocycles. The second kappa shape index (κ2) is 11.7. The molecule has 2 aliphatic rings. The molecule has 3 amide bonds. The number of halogens is 1. The number of ketones is 1. The number of carbonyl (C=O) groups is 4. The lowest BCUT2D eigenvalue weighted by atomic mass is 9.81. The highest BCUT2D eigenvalue weighted by atomic mass is 35.5. The van der Waals surface area contributed by atoms with Gasteiger partial charge in [-0.15, -0.1) is 11.3 Å². The Bertz CT molecular complexity index is 1180. The first-order valence-electron chi connectivity index (χ1n) is 12.2. The topological polar surface area (TPSA) is 125 Å². The number of hydrogen-bond acceptors (Lipinski definition) is 8. The van der Waals surface area contributed by atoms with Crippen LogP contribution in [0.15, 0.2) is 18.3 Å². The van der Waals surface area contributed by atoms with Crippen LogP contribution < -0.4 is 10.6 Å². The van der Waals surface area contributed by atoms with Crippen molar-refractivity contribution in [2.45, 2.75) is 50.7 Å². The van der Waals surface area contributed by atoms with E-state index in [2.05, 4.69) is 25.5 Å². The van der Waals surface area contributed by atoms with Crippen molar-refractivity contribution in [3.8, 4) is 0 Å². The summed E-state index contributed by atoms with van der Waals surface area (Å²) in [4.78, 5) is 64.6. The van der Waals surface area contributed by atoms with Crippen molar-refractivity contribution in [2.75, 3.05) is 27.7 Å². The molecule has 0 bridgehead atoms. The second-order valence-electron chi connectivity index (χ2n) is 9.85. The van der Waals surface area contributed by atoms with E-state index in [1.54, 1.807) is 26.2 Å². The zero-order valence-electron chi connectivity index (χ0n) is 21.1. The lowest BCUT2D eigenvalue weighted by Gasteiger charge is -2.37. The van der Waals surface area contributed by atoms with E-state index in [0.29, 0.717) is 35.0 Å². The molecule has 2 N–H and O–H groups in total. The Morgan fingerprint density at radius 1 is 1.16 bits per heavy atom. The predicted octanol–water partition coefficient (Wildman–Crippen LogP) is 1.46. The lowest BCUT2D eigenvalue weighted by molar-refractivity contribution is -0.138. The predicted molar refractivity (Wildman–Crippen MR) is 139 cm³/mol. The average Bonchev–Trinajstić information content (AvgIpc) is 3.29. The smallest absolute Gasteiger partial charge is 0.288 e. The molecule has 4 rings (SSSR count). The van der Waals surface area contributed by atoms with Crippen LogP contribution in [0.4, 0.5) is 0 Å². The normalized spacial score (nSPS) is 21.6. The van der Waals surface area contributed by atoms with Crippen LogP contribution in [0.1, 0.15) is 45.3 Å². The SMILES string of the molecule is CN1CCc2nc(C(=O)N[C@@H]3CC(C(=O)N(C)C)CC[C@@H]3NC(=O)C(=O)Cc3ccc(Cl)cn3)sc2C1. The number of carbonyl (C=O) groups excluding carboxylic acids is 4. The molecule has 0 saturated heterocycles. The first-order chi connectivity index (χ1) is 17.6. The van der Waals surface area contributed by atoms with Gasteiger partial charge in [-0.1, -0.05) is 11.6 Å². The zero-order valence-corrected chi connectivity index (χ0v) is 22.7. The quantitative estimate of drug-likeness (QED) is 0.504. The van der Waals surface area contributed by atoms with Gasteiger partial charge in [-0.2, -0.15) is 0 Å². The van der Waals surface area contributed by atoms with Crippen molar-refractivity contribution in [1.29, 1.82) is 0 Å². The van der Waals surface area contributed by atoms with E-state index in [-0.39, 0.29) is 24.2 Å². The van der Waals surface area contributed by atoms with Crippen LogP contribution in [0, 0.1) is 5.92 Å². The molecular weight excluding hydrogens is 516 g/mol. The van der Waals surface area contributed by atoms with E-state index in [1.807, 2.05) is 7.05 Å². The fourth-order valence-corrected chi connectivity index (χ4v) is 5.95. The monoisotopic (exact) mass is 546 g/mol. The summed E-state index contributed by atoms with van der Waals surface area (Å²) in [5.41, 5.74) is 1.39. The third-order valence-corrected chi connectivity index (χ3v) is 8.08. The van der Waals surface area contributed by atoms with E-state index >= 15 is 0 Å². The standard InChI is InChI=1S/C25H31ClN6O4S/c1-31(2)25(36)14-4-7-17(28-22(34)20(33)11-16-6-5-15(26)12-27-16)19(10-14)29-23(35)24-30-18-8-9-32(3)13-21(18)37-24/h5-6,12,14,17,19H,4,7-11,13H2,1-3H3,(H,28,34)(H,29,35)/t14?,17-,19+/m0/s1. The number of hydrogen-bond donors (Lipinski definition) is 2. The number of thiazole rings is 1. The van der Waals surface area contributed by atoms with Crippen LogP contribution in [0.25, 0.3) is 0 Å². The summed E-state index contributed by atoms with van der Waals surface area (Å²) in [6.07, 6.45) is 3.40. The average molecular weight is 547 g/mol. The summed E-state index contributed by atoms with van der Waals surface area (Å²) in [5, 5.41) is 6.61. The van der Waals surface area contributed by atoms with E-state index in [1.165, 1.54) is 22.4 Å². The van der Waals surface area contributed by atoms with E-state index in [9.17, 15) is 19.2 Å². The summed E-state index contributed by atoms with van der Waals surface area (Å²) in [7, 11) is 5.43. The largest absolute Gasteiger partial charge is 0.349 e. The Hall–Kier alpha value is -2.89. The lowest BCUT2D eigenvalue weighted by Crippen LogP contribution is -2.56. The molecule has 1 aliphatic heterocycles. The van der Waals surface area contributed by atoms with Crippen molar-refractivity contribution >= 4 is 46.4 Å². The number of nitrogens with zero attached hydrogens (tertiary/aromatic N) is 4. The number of pyridine rings is 1. The summed E-state index contributed by atoms with van der Waals surface area (Å²) in [5.74, 6) is -2.03. The van der Waals surface area contributed by atoms with E-state index in [4.69, 9.17) is 11.6 Å². The molecule has 1 fully saturated rings. The fraction of sp³-hybridized carbons (Fsp3) is 0.520. The first-order valence-corrected chi connectivity index (χ1v) is 13.4. The highest BCUT2D eigenvalue weighted by Gasteiger charge is 2.37. The number of fused-ring (bicyclic) bond motifs is 1. The Balaban J connectivity index is 1.45. The molecule has 10 nitrogen and oxygen atoms in total. The van der Waals surface area contributed by atoms with Crippen LogP contribution in [-0.2, 0) is 33.8 Å². The van der Waals surface area contributed by atoms with Gasteiger partial charge < -0.3 is 20.4 Å². The third kappa shape index (κ3) is 6.71. The molecule has 0 spiro atoms. The fourth-order valence-electron chi connectivity index (χ4n) is 4.75. The highest BCUT2D eigenvalue weighted by molar-refractivity contribution is 7.13. The van der Waals surface area contributed by atoms with Gasteiger partial charge in [0.2, 0.25) is 11.7 Å². The Morgan fingerprint density at radius 3 is 2.65 bits per heavy atom. The third-order valence-electron chi connectivity index (χ3n) is 6.77. The summed E-state index contributed by atoms with van der Waals surface area (Å²) in [6, 6.07) is 2.19. The second-order valence-corrected chi connectivity index (χ2v) is 11.4. The molecule has 1 unspecified atom stereocenters. The van der Waals surface area contributed by atoms with Gasteiger partial charge >= 0.3 is 0 Å². The molecule has 2 aromatic rings. The van der Waals surface area contributed by atoms with Crippen molar-refractivity contribution in [1.82, 2.24) is 30.4 Å². The van der Waals surface area contributed by atoms with Gasteiger partial charge in [0.25, 0.3) is 11.8 Å². The van der Waals surface area contributed by atoms with Gasteiger partial charge in [0.1, 0.15) is 0 Å². The Kier molecular flexibility index (Phi) is 8.56. The van der Waals surface area contributed by atoms with Gasteiger partial charge in [-0.3, -0.25) is 24.2 Å². The molecule has 37 heavy (non-hydrogen) atoms. The molecule has 3 atom stereocenters. The number of nitrogens with one attached hydrogen (secondary N) is 2. The minimum atomic E-state index is -0.744. The first kappa shape index (κ1) is 27.2. The van der Waals surface area contributed by atoms with Crippen molar-refractivity contribution in [3.05, 3.63) is 44.6 Å². The summed E-state index contributed by atoms with van der Waals surface area (Å²) < 4.78 is 0. The molecular formula is C25H31ClN6O4S. The molecule has 0 radical (unpaired) electrons. The van der Waals surface area contributed by atoms with E-state index < -0.39 is 23.8 Å².